The number of aromatic nitrogens is 2. The predicted molar refractivity (Wildman–Crippen MR) is 92.0 cm³/mol. The van der Waals surface area contributed by atoms with Gasteiger partial charge < -0.3 is 24.8 Å². The van der Waals surface area contributed by atoms with Crippen LogP contribution in [-0.4, -0.2) is 66.7 Å². The van der Waals surface area contributed by atoms with E-state index in [-0.39, 0.29) is 23.7 Å². The van der Waals surface area contributed by atoms with Crippen LogP contribution in [0.4, 0.5) is 0 Å². The van der Waals surface area contributed by atoms with Gasteiger partial charge in [-0.2, -0.15) is 4.98 Å². The highest BCUT2D eigenvalue weighted by atomic mass is 16.5. The van der Waals surface area contributed by atoms with Crippen molar-refractivity contribution < 1.29 is 18.8 Å². The number of carbonyl (C=O) groups is 2. The van der Waals surface area contributed by atoms with E-state index in [4.69, 9.17) is 9.26 Å². The van der Waals surface area contributed by atoms with Gasteiger partial charge >= 0.3 is 0 Å². The van der Waals surface area contributed by atoms with E-state index in [9.17, 15) is 9.59 Å². The van der Waals surface area contributed by atoms with Crippen molar-refractivity contribution in [3.05, 3.63) is 11.7 Å². The second kappa shape index (κ2) is 9.09. The van der Waals surface area contributed by atoms with Crippen LogP contribution in [-0.2, 0) is 27.4 Å². The molecule has 0 saturated carbocycles. The molecule has 144 valence electrons. The first-order valence-electron chi connectivity index (χ1n) is 9.25. The van der Waals surface area contributed by atoms with Crippen molar-refractivity contribution in [1.29, 1.82) is 0 Å². The number of piperidine rings is 1. The molecular formula is C17H27N5O4. The molecule has 0 bridgehead atoms. The van der Waals surface area contributed by atoms with E-state index in [0.29, 0.717) is 50.8 Å². The van der Waals surface area contributed by atoms with Gasteiger partial charge in [0.2, 0.25) is 17.7 Å². The molecule has 0 radical (unpaired) electrons. The lowest BCUT2D eigenvalue weighted by atomic mass is 9.89. The first-order chi connectivity index (χ1) is 12.7. The second-order valence-electron chi connectivity index (χ2n) is 6.90. The number of methoxy groups -OCH3 is 1. The summed E-state index contributed by atoms with van der Waals surface area (Å²) in [5.41, 5.74) is 0. The Kier molecular flexibility index (Phi) is 6.56. The van der Waals surface area contributed by atoms with Gasteiger partial charge in [0, 0.05) is 46.3 Å². The number of ether oxygens (including phenoxy) is 1. The lowest BCUT2D eigenvalue weighted by molar-refractivity contribution is -0.136. The Labute approximate surface area is 152 Å². The maximum atomic E-state index is 12.5. The molecule has 2 saturated heterocycles. The van der Waals surface area contributed by atoms with Gasteiger partial charge in [0.25, 0.3) is 0 Å². The molecule has 1 aromatic heterocycles. The number of rotatable bonds is 7. The van der Waals surface area contributed by atoms with Crippen molar-refractivity contribution >= 4 is 11.8 Å². The average Bonchev–Trinajstić information content (AvgIpc) is 3.34. The molecule has 2 atom stereocenters. The molecule has 2 amide bonds. The fourth-order valence-electron chi connectivity index (χ4n) is 3.54. The van der Waals surface area contributed by atoms with Gasteiger partial charge in [-0.05, 0) is 19.3 Å². The quantitative estimate of drug-likeness (QED) is 0.684. The van der Waals surface area contributed by atoms with Crippen molar-refractivity contribution in [3.63, 3.8) is 0 Å². The zero-order chi connectivity index (χ0) is 18.4. The van der Waals surface area contributed by atoms with Crippen molar-refractivity contribution in [1.82, 2.24) is 25.7 Å². The zero-order valence-electron chi connectivity index (χ0n) is 15.2. The molecule has 2 aliphatic rings. The summed E-state index contributed by atoms with van der Waals surface area (Å²) in [4.78, 5) is 31.1. The molecule has 0 aliphatic carbocycles. The van der Waals surface area contributed by atoms with Crippen LogP contribution in [0.2, 0.25) is 0 Å². The Balaban J connectivity index is 1.42. The number of carbonyl (C=O) groups excluding carboxylic acids is 2. The molecule has 9 heteroatoms. The van der Waals surface area contributed by atoms with Crippen molar-refractivity contribution in [2.45, 2.75) is 32.3 Å². The van der Waals surface area contributed by atoms with Gasteiger partial charge in [0.15, 0.2) is 5.82 Å². The minimum Gasteiger partial charge on any atom is -0.377 e. The molecule has 0 aromatic carbocycles. The van der Waals surface area contributed by atoms with E-state index >= 15 is 0 Å². The highest BCUT2D eigenvalue weighted by molar-refractivity contribution is 5.83. The first-order valence-corrected chi connectivity index (χ1v) is 9.25. The standard InChI is InChI=1S/C17H27N5O4/c1-25-11-14-20-15(26-21-14)4-5-19-16(23)12-8-13(10-18-9-12)17(24)22-6-2-3-7-22/h12-13,18H,2-11H2,1H3,(H,19,23)/t12-,13+/m0/s1. The van der Waals surface area contributed by atoms with E-state index in [1.807, 2.05) is 4.90 Å². The smallest absolute Gasteiger partial charge is 0.228 e. The van der Waals surface area contributed by atoms with Gasteiger partial charge in [0.05, 0.1) is 11.8 Å². The summed E-state index contributed by atoms with van der Waals surface area (Å²) in [7, 11) is 1.57. The third-order valence-electron chi connectivity index (χ3n) is 4.91. The highest BCUT2D eigenvalue weighted by Crippen LogP contribution is 2.21. The number of nitrogens with zero attached hydrogens (tertiary/aromatic N) is 3. The first kappa shape index (κ1) is 18.8. The highest BCUT2D eigenvalue weighted by Gasteiger charge is 2.33. The number of hydrogen-bond acceptors (Lipinski definition) is 7. The van der Waals surface area contributed by atoms with E-state index < -0.39 is 0 Å². The molecule has 0 spiro atoms. The van der Waals surface area contributed by atoms with Gasteiger partial charge in [-0.1, -0.05) is 5.16 Å². The third-order valence-corrected chi connectivity index (χ3v) is 4.91. The summed E-state index contributed by atoms with van der Waals surface area (Å²) in [6, 6.07) is 0. The van der Waals surface area contributed by atoms with Crippen LogP contribution in [0.3, 0.4) is 0 Å². The summed E-state index contributed by atoms with van der Waals surface area (Å²) in [6.07, 6.45) is 3.24. The van der Waals surface area contributed by atoms with Crippen molar-refractivity contribution in [2.75, 3.05) is 39.8 Å². The number of amides is 2. The fraction of sp³-hybridized carbons (Fsp3) is 0.765. The van der Waals surface area contributed by atoms with E-state index in [0.717, 1.165) is 25.9 Å². The van der Waals surface area contributed by atoms with Crippen molar-refractivity contribution in [2.24, 2.45) is 11.8 Å². The SMILES string of the molecule is COCc1noc(CCNC(=O)[C@@H]2CNC[C@H](C(=O)N3CCCC3)C2)n1. The van der Waals surface area contributed by atoms with Crippen molar-refractivity contribution in [3.8, 4) is 0 Å². The molecule has 26 heavy (non-hydrogen) atoms. The summed E-state index contributed by atoms with van der Waals surface area (Å²) in [5, 5.41) is 9.93. The summed E-state index contributed by atoms with van der Waals surface area (Å²) in [6.45, 7) is 3.69. The lowest BCUT2D eigenvalue weighted by Crippen LogP contribution is -2.49. The fourth-order valence-corrected chi connectivity index (χ4v) is 3.54. The molecule has 1 aromatic rings. The number of likely N-dealkylation sites (tertiary alicyclic amines) is 1. The minimum atomic E-state index is -0.188. The summed E-state index contributed by atoms with van der Waals surface area (Å²) < 4.78 is 10.0. The molecule has 9 nitrogen and oxygen atoms in total. The lowest BCUT2D eigenvalue weighted by Gasteiger charge is -2.31. The van der Waals surface area contributed by atoms with Crippen LogP contribution in [0.25, 0.3) is 0 Å². The predicted octanol–water partition coefficient (Wildman–Crippen LogP) is -0.277. The topological polar surface area (TPSA) is 110 Å². The monoisotopic (exact) mass is 365 g/mol. The van der Waals surface area contributed by atoms with Crippen LogP contribution in [0.15, 0.2) is 4.52 Å². The van der Waals surface area contributed by atoms with E-state index in [1.165, 1.54) is 0 Å². The van der Waals surface area contributed by atoms with Crippen LogP contribution in [0.5, 0.6) is 0 Å². The Morgan fingerprint density at radius 3 is 2.85 bits per heavy atom. The molecule has 2 fully saturated rings. The summed E-state index contributed by atoms with van der Waals surface area (Å²) in [5.74, 6) is 0.823. The van der Waals surface area contributed by atoms with E-state index in [1.54, 1.807) is 7.11 Å². The van der Waals surface area contributed by atoms with Crippen LogP contribution >= 0.6 is 0 Å². The van der Waals surface area contributed by atoms with Gasteiger partial charge in [-0.3, -0.25) is 9.59 Å². The second-order valence-corrected chi connectivity index (χ2v) is 6.90. The zero-order valence-corrected chi connectivity index (χ0v) is 15.2. The van der Waals surface area contributed by atoms with Crippen LogP contribution < -0.4 is 10.6 Å². The molecule has 2 N–H and O–H groups in total. The largest absolute Gasteiger partial charge is 0.377 e. The van der Waals surface area contributed by atoms with Gasteiger partial charge in [-0.15, -0.1) is 0 Å². The maximum absolute atomic E-state index is 12.5. The minimum absolute atomic E-state index is 0.0342. The van der Waals surface area contributed by atoms with E-state index in [2.05, 4.69) is 20.8 Å². The van der Waals surface area contributed by atoms with Gasteiger partial charge in [0.1, 0.15) is 6.61 Å². The normalized spacial score (nSPS) is 23.2. The molecular weight excluding hydrogens is 338 g/mol. The Morgan fingerprint density at radius 1 is 1.31 bits per heavy atom. The molecule has 3 rings (SSSR count). The molecule has 3 heterocycles. The molecule has 2 aliphatic heterocycles. The number of hydrogen-bond donors (Lipinski definition) is 2. The molecule has 0 unspecified atom stereocenters. The maximum Gasteiger partial charge on any atom is 0.228 e. The van der Waals surface area contributed by atoms with Crippen LogP contribution in [0.1, 0.15) is 31.0 Å². The Morgan fingerprint density at radius 2 is 2.08 bits per heavy atom. The Bertz CT molecular complexity index is 614. The van der Waals surface area contributed by atoms with Gasteiger partial charge in [-0.25, -0.2) is 0 Å². The Hall–Kier alpha value is -2.00. The third kappa shape index (κ3) is 4.79. The summed E-state index contributed by atoms with van der Waals surface area (Å²) >= 11 is 0. The average molecular weight is 365 g/mol. The number of nitrogens with one attached hydrogen (secondary N) is 2. The van der Waals surface area contributed by atoms with Crippen LogP contribution in [0, 0.1) is 11.8 Å².